The second kappa shape index (κ2) is 9.31. The Labute approximate surface area is 164 Å². The molecular formula is C20H24ClN3OS. The van der Waals surface area contributed by atoms with E-state index in [-0.39, 0.29) is 5.91 Å². The van der Waals surface area contributed by atoms with Crippen LogP contribution in [0.15, 0.2) is 48.5 Å². The molecule has 0 spiro atoms. The summed E-state index contributed by atoms with van der Waals surface area (Å²) in [7, 11) is 2.13. The van der Waals surface area contributed by atoms with Crippen molar-refractivity contribution in [3.05, 3.63) is 59.1 Å². The van der Waals surface area contributed by atoms with Gasteiger partial charge in [-0.15, -0.1) is 11.8 Å². The summed E-state index contributed by atoms with van der Waals surface area (Å²) in [6.45, 7) is 3.93. The molecule has 138 valence electrons. The first-order valence-electron chi connectivity index (χ1n) is 8.76. The van der Waals surface area contributed by atoms with Crippen molar-refractivity contribution >= 4 is 40.6 Å². The summed E-state index contributed by atoms with van der Waals surface area (Å²) in [6.07, 6.45) is 0. The number of hydrogen-bond donors (Lipinski definition) is 1. The first kappa shape index (κ1) is 19.1. The summed E-state index contributed by atoms with van der Waals surface area (Å²) < 4.78 is 0. The van der Waals surface area contributed by atoms with E-state index in [4.69, 9.17) is 11.6 Å². The lowest BCUT2D eigenvalue weighted by molar-refractivity contribution is -0.113. The number of hydrogen-bond acceptors (Lipinski definition) is 4. The zero-order valence-electron chi connectivity index (χ0n) is 15.0. The zero-order valence-corrected chi connectivity index (χ0v) is 16.5. The molecule has 3 rings (SSSR count). The Kier molecular flexibility index (Phi) is 6.83. The topological polar surface area (TPSA) is 35.6 Å². The standard InChI is InChI=1S/C20H24ClN3OS/c1-23-9-11-24(12-10-23)19-8-7-17(21)13-18(19)22-20(25)15-26-14-16-5-3-2-4-6-16/h2-8,13H,9-12,14-15H2,1H3,(H,22,25). The van der Waals surface area contributed by atoms with Gasteiger partial charge in [0.15, 0.2) is 0 Å². The summed E-state index contributed by atoms with van der Waals surface area (Å²) in [5, 5.41) is 3.68. The van der Waals surface area contributed by atoms with Crippen LogP contribution in [-0.4, -0.2) is 49.8 Å². The highest BCUT2D eigenvalue weighted by atomic mass is 35.5. The van der Waals surface area contributed by atoms with Gasteiger partial charge in [0, 0.05) is 37.0 Å². The molecule has 0 aliphatic carbocycles. The van der Waals surface area contributed by atoms with Crippen LogP contribution in [0.1, 0.15) is 5.56 Å². The number of halogens is 1. The van der Waals surface area contributed by atoms with E-state index in [0.29, 0.717) is 10.8 Å². The minimum absolute atomic E-state index is 0.00331. The van der Waals surface area contributed by atoms with Crippen molar-refractivity contribution in [2.45, 2.75) is 5.75 Å². The minimum Gasteiger partial charge on any atom is -0.367 e. The predicted molar refractivity (Wildman–Crippen MR) is 112 cm³/mol. The Balaban J connectivity index is 1.59. The molecule has 1 aliphatic heterocycles. The normalized spacial score (nSPS) is 15.1. The molecule has 0 unspecified atom stereocenters. The van der Waals surface area contributed by atoms with Gasteiger partial charge in [-0.1, -0.05) is 41.9 Å². The van der Waals surface area contributed by atoms with E-state index < -0.39 is 0 Å². The molecule has 1 saturated heterocycles. The van der Waals surface area contributed by atoms with Crippen LogP contribution in [0.2, 0.25) is 5.02 Å². The van der Waals surface area contributed by atoms with Gasteiger partial charge in [0.1, 0.15) is 0 Å². The molecule has 2 aromatic rings. The highest BCUT2D eigenvalue weighted by Gasteiger charge is 2.18. The smallest absolute Gasteiger partial charge is 0.234 e. The molecule has 0 atom stereocenters. The number of rotatable bonds is 6. The van der Waals surface area contributed by atoms with Crippen LogP contribution in [0.4, 0.5) is 11.4 Å². The lowest BCUT2D eigenvalue weighted by Crippen LogP contribution is -2.44. The number of likely N-dealkylation sites (N-methyl/N-ethyl adjacent to an activating group) is 1. The van der Waals surface area contributed by atoms with Crippen molar-refractivity contribution in [2.24, 2.45) is 0 Å². The third-order valence-corrected chi connectivity index (χ3v) is 5.66. The Morgan fingerprint density at radius 1 is 1.12 bits per heavy atom. The number of carbonyl (C=O) groups is 1. The first-order chi connectivity index (χ1) is 12.6. The van der Waals surface area contributed by atoms with E-state index in [2.05, 4.69) is 34.3 Å². The highest BCUT2D eigenvalue weighted by Crippen LogP contribution is 2.30. The molecular weight excluding hydrogens is 366 g/mol. The zero-order chi connectivity index (χ0) is 18.4. The van der Waals surface area contributed by atoms with Gasteiger partial charge < -0.3 is 15.1 Å². The SMILES string of the molecule is CN1CCN(c2ccc(Cl)cc2NC(=O)CSCc2ccccc2)CC1. The van der Waals surface area contributed by atoms with Gasteiger partial charge in [-0.3, -0.25) is 4.79 Å². The molecule has 0 saturated carbocycles. The van der Waals surface area contributed by atoms with Crippen molar-refractivity contribution in [3.8, 4) is 0 Å². The maximum absolute atomic E-state index is 12.4. The molecule has 0 bridgehead atoms. The fourth-order valence-corrected chi connectivity index (χ4v) is 3.91. The van der Waals surface area contributed by atoms with E-state index in [9.17, 15) is 4.79 Å². The molecule has 26 heavy (non-hydrogen) atoms. The number of anilines is 2. The van der Waals surface area contributed by atoms with Gasteiger partial charge in [-0.2, -0.15) is 0 Å². The molecule has 1 N–H and O–H groups in total. The number of benzene rings is 2. The quantitative estimate of drug-likeness (QED) is 0.811. The lowest BCUT2D eigenvalue weighted by Gasteiger charge is -2.35. The van der Waals surface area contributed by atoms with E-state index in [0.717, 1.165) is 43.3 Å². The van der Waals surface area contributed by atoms with Gasteiger partial charge in [-0.05, 0) is 30.8 Å². The molecule has 1 aliphatic rings. The molecule has 0 radical (unpaired) electrons. The van der Waals surface area contributed by atoms with Crippen molar-refractivity contribution in [1.29, 1.82) is 0 Å². The Hall–Kier alpha value is -1.69. The first-order valence-corrected chi connectivity index (χ1v) is 10.3. The lowest BCUT2D eigenvalue weighted by atomic mass is 10.2. The molecule has 1 heterocycles. The van der Waals surface area contributed by atoms with E-state index in [1.54, 1.807) is 11.8 Å². The third-order valence-electron chi connectivity index (χ3n) is 4.42. The van der Waals surface area contributed by atoms with Gasteiger partial charge >= 0.3 is 0 Å². The molecule has 2 aromatic carbocycles. The Morgan fingerprint density at radius 2 is 1.85 bits per heavy atom. The van der Waals surface area contributed by atoms with E-state index in [1.807, 2.05) is 36.4 Å². The summed E-state index contributed by atoms with van der Waals surface area (Å²) in [4.78, 5) is 17.0. The van der Waals surface area contributed by atoms with E-state index in [1.165, 1.54) is 5.56 Å². The van der Waals surface area contributed by atoms with Crippen molar-refractivity contribution in [3.63, 3.8) is 0 Å². The summed E-state index contributed by atoms with van der Waals surface area (Å²) in [5.74, 6) is 1.25. The summed E-state index contributed by atoms with van der Waals surface area (Å²) in [6, 6.07) is 15.9. The number of thioether (sulfide) groups is 1. The number of nitrogens with zero attached hydrogens (tertiary/aromatic N) is 2. The van der Waals surface area contributed by atoms with E-state index >= 15 is 0 Å². The van der Waals surface area contributed by atoms with Crippen LogP contribution in [0.25, 0.3) is 0 Å². The largest absolute Gasteiger partial charge is 0.367 e. The average molecular weight is 390 g/mol. The summed E-state index contributed by atoms with van der Waals surface area (Å²) >= 11 is 7.78. The average Bonchev–Trinajstić information content (AvgIpc) is 2.64. The van der Waals surface area contributed by atoms with Crippen molar-refractivity contribution < 1.29 is 4.79 Å². The molecule has 6 heteroatoms. The second-order valence-corrected chi connectivity index (χ2v) is 7.90. The summed E-state index contributed by atoms with van der Waals surface area (Å²) in [5.41, 5.74) is 3.07. The molecule has 0 aromatic heterocycles. The van der Waals surface area contributed by atoms with Gasteiger partial charge in [0.05, 0.1) is 17.1 Å². The van der Waals surface area contributed by atoms with Crippen LogP contribution < -0.4 is 10.2 Å². The van der Waals surface area contributed by atoms with Crippen LogP contribution in [-0.2, 0) is 10.5 Å². The molecule has 1 fully saturated rings. The maximum atomic E-state index is 12.4. The van der Waals surface area contributed by atoms with Crippen LogP contribution in [0.3, 0.4) is 0 Å². The Bertz CT molecular complexity index is 733. The van der Waals surface area contributed by atoms with Crippen molar-refractivity contribution in [1.82, 2.24) is 4.90 Å². The number of nitrogens with one attached hydrogen (secondary N) is 1. The van der Waals surface area contributed by atoms with Gasteiger partial charge in [0.2, 0.25) is 5.91 Å². The van der Waals surface area contributed by atoms with Crippen LogP contribution >= 0.6 is 23.4 Å². The van der Waals surface area contributed by atoms with Gasteiger partial charge in [-0.25, -0.2) is 0 Å². The number of piperazine rings is 1. The Morgan fingerprint density at radius 3 is 2.58 bits per heavy atom. The van der Waals surface area contributed by atoms with Crippen LogP contribution in [0.5, 0.6) is 0 Å². The second-order valence-electron chi connectivity index (χ2n) is 6.48. The number of carbonyl (C=O) groups excluding carboxylic acids is 1. The molecule has 4 nitrogen and oxygen atoms in total. The highest BCUT2D eigenvalue weighted by molar-refractivity contribution is 7.99. The number of amides is 1. The fraction of sp³-hybridized carbons (Fsp3) is 0.350. The maximum Gasteiger partial charge on any atom is 0.234 e. The fourth-order valence-electron chi connectivity index (χ4n) is 2.95. The van der Waals surface area contributed by atoms with Gasteiger partial charge in [0.25, 0.3) is 0 Å². The van der Waals surface area contributed by atoms with Crippen LogP contribution in [0, 0.1) is 0 Å². The monoisotopic (exact) mass is 389 g/mol. The minimum atomic E-state index is 0.00331. The third kappa shape index (κ3) is 5.40. The molecule has 1 amide bonds. The van der Waals surface area contributed by atoms with Crippen molar-refractivity contribution in [2.75, 3.05) is 49.2 Å². The predicted octanol–water partition coefficient (Wildman–Crippen LogP) is 3.96.